The minimum Gasteiger partial charge on any atom is -0.392 e. The number of carbonyl (C=O) groups is 1. The SMILES string of the molecule is CN(Cc1cnn(C)c1)C(=O)CNc1cccc(CO)c1. The Bertz CT molecular complexity index is 609. The molecule has 1 heterocycles. The molecule has 21 heavy (non-hydrogen) atoms. The molecule has 0 saturated heterocycles. The number of benzene rings is 1. The van der Waals surface area contributed by atoms with Gasteiger partial charge in [-0.15, -0.1) is 0 Å². The number of aliphatic hydroxyl groups excluding tert-OH is 1. The second-order valence-electron chi connectivity index (χ2n) is 4.98. The van der Waals surface area contributed by atoms with Crippen LogP contribution in [0.25, 0.3) is 0 Å². The van der Waals surface area contributed by atoms with Crippen molar-refractivity contribution in [1.29, 1.82) is 0 Å². The summed E-state index contributed by atoms with van der Waals surface area (Å²) in [5.74, 6) is -0.00625. The summed E-state index contributed by atoms with van der Waals surface area (Å²) in [7, 11) is 3.61. The van der Waals surface area contributed by atoms with Crippen LogP contribution in [0.15, 0.2) is 36.7 Å². The molecule has 0 bridgehead atoms. The van der Waals surface area contributed by atoms with Gasteiger partial charge in [-0.05, 0) is 17.7 Å². The van der Waals surface area contributed by atoms with Crippen LogP contribution in [0, 0.1) is 0 Å². The molecular formula is C15H20N4O2. The van der Waals surface area contributed by atoms with Crippen LogP contribution in [-0.2, 0) is 25.0 Å². The van der Waals surface area contributed by atoms with E-state index < -0.39 is 0 Å². The van der Waals surface area contributed by atoms with Crippen LogP contribution in [0.4, 0.5) is 5.69 Å². The molecule has 0 saturated carbocycles. The number of likely N-dealkylation sites (N-methyl/N-ethyl adjacent to an activating group) is 1. The van der Waals surface area contributed by atoms with Crippen LogP contribution in [0.2, 0.25) is 0 Å². The Labute approximate surface area is 124 Å². The van der Waals surface area contributed by atoms with Gasteiger partial charge in [0.25, 0.3) is 0 Å². The predicted molar refractivity (Wildman–Crippen MR) is 80.5 cm³/mol. The maximum Gasteiger partial charge on any atom is 0.241 e. The summed E-state index contributed by atoms with van der Waals surface area (Å²) in [4.78, 5) is 13.7. The van der Waals surface area contributed by atoms with Crippen molar-refractivity contribution in [2.24, 2.45) is 7.05 Å². The van der Waals surface area contributed by atoms with Gasteiger partial charge in [-0.1, -0.05) is 12.1 Å². The zero-order valence-electron chi connectivity index (χ0n) is 12.3. The van der Waals surface area contributed by atoms with E-state index in [1.165, 1.54) is 0 Å². The average Bonchev–Trinajstić information content (AvgIpc) is 2.90. The first-order valence-corrected chi connectivity index (χ1v) is 6.73. The van der Waals surface area contributed by atoms with Crippen LogP contribution in [-0.4, -0.2) is 39.3 Å². The van der Waals surface area contributed by atoms with Crippen LogP contribution < -0.4 is 5.32 Å². The molecule has 6 nitrogen and oxygen atoms in total. The van der Waals surface area contributed by atoms with E-state index in [9.17, 15) is 4.79 Å². The number of aliphatic hydroxyl groups is 1. The van der Waals surface area contributed by atoms with Crippen molar-refractivity contribution < 1.29 is 9.90 Å². The zero-order chi connectivity index (χ0) is 15.2. The Hall–Kier alpha value is -2.34. The van der Waals surface area contributed by atoms with Crippen LogP contribution in [0.3, 0.4) is 0 Å². The van der Waals surface area contributed by atoms with Crippen LogP contribution in [0.5, 0.6) is 0 Å². The molecule has 0 aliphatic rings. The highest BCUT2D eigenvalue weighted by atomic mass is 16.3. The fourth-order valence-corrected chi connectivity index (χ4v) is 2.01. The second-order valence-corrected chi connectivity index (χ2v) is 4.98. The van der Waals surface area contributed by atoms with E-state index in [1.54, 1.807) is 22.8 Å². The van der Waals surface area contributed by atoms with Crippen molar-refractivity contribution in [3.8, 4) is 0 Å². The first-order valence-electron chi connectivity index (χ1n) is 6.73. The topological polar surface area (TPSA) is 70.4 Å². The molecule has 0 aliphatic heterocycles. The molecule has 2 aromatic rings. The van der Waals surface area contributed by atoms with E-state index in [0.717, 1.165) is 16.8 Å². The minimum absolute atomic E-state index is 0.00625. The van der Waals surface area contributed by atoms with E-state index in [0.29, 0.717) is 6.54 Å². The number of nitrogens with one attached hydrogen (secondary N) is 1. The first-order chi connectivity index (χ1) is 10.1. The molecule has 0 spiro atoms. The first kappa shape index (κ1) is 15.1. The molecule has 1 amide bonds. The monoisotopic (exact) mass is 288 g/mol. The maximum absolute atomic E-state index is 12.1. The molecule has 0 unspecified atom stereocenters. The van der Waals surface area contributed by atoms with Gasteiger partial charge in [0, 0.05) is 38.1 Å². The molecule has 112 valence electrons. The molecule has 0 fully saturated rings. The molecule has 0 radical (unpaired) electrons. The summed E-state index contributed by atoms with van der Waals surface area (Å²) in [6.45, 7) is 0.737. The number of nitrogens with zero attached hydrogens (tertiary/aromatic N) is 3. The highest BCUT2D eigenvalue weighted by Crippen LogP contribution is 2.10. The molecule has 1 aromatic heterocycles. The summed E-state index contributed by atoms with van der Waals surface area (Å²) in [6, 6.07) is 7.38. The standard InChI is InChI=1S/C15H20N4O2/c1-18(9-13-7-17-19(2)10-13)15(21)8-16-14-5-3-4-12(6-14)11-20/h3-7,10,16,20H,8-9,11H2,1-2H3. The lowest BCUT2D eigenvalue weighted by Gasteiger charge is -2.17. The molecule has 1 aromatic carbocycles. The largest absolute Gasteiger partial charge is 0.392 e. The van der Waals surface area contributed by atoms with Gasteiger partial charge < -0.3 is 15.3 Å². The van der Waals surface area contributed by atoms with Crippen molar-refractivity contribution in [3.05, 3.63) is 47.8 Å². The van der Waals surface area contributed by atoms with Gasteiger partial charge in [0.15, 0.2) is 0 Å². The van der Waals surface area contributed by atoms with E-state index >= 15 is 0 Å². The van der Waals surface area contributed by atoms with Crippen molar-refractivity contribution in [1.82, 2.24) is 14.7 Å². The summed E-state index contributed by atoms with van der Waals surface area (Å²) in [5.41, 5.74) is 2.64. The van der Waals surface area contributed by atoms with Crippen molar-refractivity contribution in [3.63, 3.8) is 0 Å². The van der Waals surface area contributed by atoms with Gasteiger partial charge in [0.2, 0.25) is 5.91 Å². The quantitative estimate of drug-likeness (QED) is 0.831. The Morgan fingerprint density at radius 1 is 1.43 bits per heavy atom. The third-order valence-electron chi connectivity index (χ3n) is 3.16. The predicted octanol–water partition coefficient (Wildman–Crippen LogP) is 0.983. The summed E-state index contributed by atoms with van der Waals surface area (Å²) in [5, 5.41) is 16.2. The number of aryl methyl sites for hydroxylation is 1. The average molecular weight is 288 g/mol. The zero-order valence-corrected chi connectivity index (χ0v) is 12.3. The second kappa shape index (κ2) is 6.90. The number of hydrogen-bond acceptors (Lipinski definition) is 4. The van der Waals surface area contributed by atoms with Crippen LogP contribution >= 0.6 is 0 Å². The van der Waals surface area contributed by atoms with E-state index in [2.05, 4.69) is 10.4 Å². The van der Waals surface area contributed by atoms with Gasteiger partial charge in [-0.2, -0.15) is 5.10 Å². The highest BCUT2D eigenvalue weighted by molar-refractivity contribution is 5.80. The number of anilines is 1. The summed E-state index contributed by atoms with van der Waals surface area (Å²) in [6.07, 6.45) is 3.64. The lowest BCUT2D eigenvalue weighted by Crippen LogP contribution is -2.31. The molecule has 2 rings (SSSR count). The number of rotatable bonds is 6. The van der Waals surface area contributed by atoms with Gasteiger partial charge in [-0.25, -0.2) is 0 Å². The fraction of sp³-hybridized carbons (Fsp3) is 0.333. The van der Waals surface area contributed by atoms with Gasteiger partial charge in [-0.3, -0.25) is 9.48 Å². The number of carbonyl (C=O) groups excluding carboxylic acids is 1. The fourth-order valence-electron chi connectivity index (χ4n) is 2.01. The molecule has 2 N–H and O–H groups in total. The van der Waals surface area contributed by atoms with Crippen molar-refractivity contribution in [2.45, 2.75) is 13.2 Å². The molecule has 0 atom stereocenters. The third-order valence-corrected chi connectivity index (χ3v) is 3.16. The number of amides is 1. The number of hydrogen-bond donors (Lipinski definition) is 2. The Morgan fingerprint density at radius 2 is 2.24 bits per heavy atom. The molecule has 6 heteroatoms. The van der Waals surface area contributed by atoms with Gasteiger partial charge >= 0.3 is 0 Å². The van der Waals surface area contributed by atoms with Gasteiger partial charge in [0.1, 0.15) is 0 Å². The molecular weight excluding hydrogens is 268 g/mol. The van der Waals surface area contributed by atoms with Crippen molar-refractivity contribution in [2.75, 3.05) is 18.9 Å². The highest BCUT2D eigenvalue weighted by Gasteiger charge is 2.10. The smallest absolute Gasteiger partial charge is 0.241 e. The van der Waals surface area contributed by atoms with E-state index in [-0.39, 0.29) is 19.1 Å². The lowest BCUT2D eigenvalue weighted by atomic mass is 10.2. The summed E-state index contributed by atoms with van der Waals surface area (Å²) >= 11 is 0. The Balaban J connectivity index is 1.85. The number of aromatic nitrogens is 2. The lowest BCUT2D eigenvalue weighted by molar-refractivity contribution is -0.128. The Morgan fingerprint density at radius 3 is 2.90 bits per heavy atom. The van der Waals surface area contributed by atoms with E-state index in [1.807, 2.05) is 37.5 Å². The van der Waals surface area contributed by atoms with Crippen LogP contribution in [0.1, 0.15) is 11.1 Å². The summed E-state index contributed by atoms with van der Waals surface area (Å²) < 4.78 is 1.71. The van der Waals surface area contributed by atoms with Gasteiger partial charge in [0.05, 0.1) is 19.3 Å². The van der Waals surface area contributed by atoms with Crippen molar-refractivity contribution >= 4 is 11.6 Å². The van der Waals surface area contributed by atoms with E-state index in [4.69, 9.17) is 5.11 Å². The normalized spacial score (nSPS) is 10.4. The molecule has 0 aliphatic carbocycles. The Kier molecular flexibility index (Phi) is 4.94. The maximum atomic E-state index is 12.1. The third kappa shape index (κ3) is 4.32. The minimum atomic E-state index is -0.00955.